The van der Waals surface area contributed by atoms with Crippen molar-refractivity contribution in [3.05, 3.63) is 29.8 Å². The van der Waals surface area contributed by atoms with Crippen molar-refractivity contribution in [2.24, 2.45) is 5.73 Å². The van der Waals surface area contributed by atoms with E-state index in [1.807, 2.05) is 6.07 Å². The molecule has 1 aromatic carbocycles. The molecule has 0 aliphatic rings. The van der Waals surface area contributed by atoms with Crippen LogP contribution in [0, 0.1) is 23.0 Å². The standard InChI is InChI=1S/C13H16F2N2O/c1-13(17,9-16)7-2-3-8-18-11-6-4-5-10(14)12(11)15/h4-6H,2-3,7-8,17H2,1H3. The Morgan fingerprint density at radius 3 is 2.78 bits per heavy atom. The molecule has 2 N–H and O–H groups in total. The van der Waals surface area contributed by atoms with Gasteiger partial charge in [-0.05, 0) is 38.3 Å². The summed E-state index contributed by atoms with van der Waals surface area (Å²) in [5.41, 5.74) is 4.80. The predicted molar refractivity (Wildman–Crippen MR) is 63.9 cm³/mol. The first-order chi connectivity index (χ1) is 8.46. The zero-order chi connectivity index (χ0) is 13.6. The molecule has 1 unspecified atom stereocenters. The highest BCUT2D eigenvalue weighted by Gasteiger charge is 2.16. The van der Waals surface area contributed by atoms with Gasteiger partial charge in [-0.3, -0.25) is 0 Å². The number of benzene rings is 1. The van der Waals surface area contributed by atoms with E-state index >= 15 is 0 Å². The third-order valence-corrected chi connectivity index (χ3v) is 2.52. The van der Waals surface area contributed by atoms with Crippen LogP contribution < -0.4 is 10.5 Å². The van der Waals surface area contributed by atoms with E-state index in [0.29, 0.717) is 19.3 Å². The lowest BCUT2D eigenvalue weighted by atomic mass is 9.98. The van der Waals surface area contributed by atoms with E-state index in [4.69, 9.17) is 15.7 Å². The van der Waals surface area contributed by atoms with Gasteiger partial charge < -0.3 is 10.5 Å². The third-order valence-electron chi connectivity index (χ3n) is 2.52. The zero-order valence-corrected chi connectivity index (χ0v) is 10.2. The van der Waals surface area contributed by atoms with Crippen LogP contribution in [0.25, 0.3) is 0 Å². The quantitative estimate of drug-likeness (QED) is 0.794. The summed E-state index contributed by atoms with van der Waals surface area (Å²) in [5, 5.41) is 8.70. The second-order valence-corrected chi connectivity index (χ2v) is 4.39. The maximum Gasteiger partial charge on any atom is 0.200 e. The second-order valence-electron chi connectivity index (χ2n) is 4.39. The highest BCUT2D eigenvalue weighted by Crippen LogP contribution is 2.19. The van der Waals surface area contributed by atoms with Crippen molar-refractivity contribution in [2.45, 2.75) is 31.7 Å². The molecule has 5 heteroatoms. The molecule has 0 aromatic heterocycles. The number of nitrogens with zero attached hydrogens (tertiary/aromatic N) is 1. The largest absolute Gasteiger partial charge is 0.490 e. The minimum absolute atomic E-state index is 0.0919. The van der Waals surface area contributed by atoms with Gasteiger partial charge in [-0.15, -0.1) is 0 Å². The van der Waals surface area contributed by atoms with Crippen LogP contribution in [0.1, 0.15) is 26.2 Å². The molecule has 1 rings (SSSR count). The van der Waals surface area contributed by atoms with Crippen LogP contribution in [0.5, 0.6) is 5.75 Å². The van der Waals surface area contributed by atoms with E-state index in [2.05, 4.69) is 0 Å². The summed E-state index contributed by atoms with van der Waals surface area (Å²) >= 11 is 0. The van der Waals surface area contributed by atoms with E-state index < -0.39 is 17.2 Å². The normalized spacial score (nSPS) is 13.7. The van der Waals surface area contributed by atoms with Crippen molar-refractivity contribution in [3.63, 3.8) is 0 Å². The summed E-state index contributed by atoms with van der Waals surface area (Å²) in [5.74, 6) is -1.99. The van der Waals surface area contributed by atoms with Crippen molar-refractivity contribution in [1.29, 1.82) is 5.26 Å². The van der Waals surface area contributed by atoms with Crippen molar-refractivity contribution in [1.82, 2.24) is 0 Å². The smallest absolute Gasteiger partial charge is 0.200 e. The number of hydrogen-bond acceptors (Lipinski definition) is 3. The van der Waals surface area contributed by atoms with E-state index in [0.717, 1.165) is 6.07 Å². The summed E-state index contributed by atoms with van der Waals surface area (Å²) in [6.07, 6.45) is 1.86. The summed E-state index contributed by atoms with van der Waals surface area (Å²) < 4.78 is 31.2. The Balaban J connectivity index is 2.31. The highest BCUT2D eigenvalue weighted by molar-refractivity contribution is 5.24. The highest BCUT2D eigenvalue weighted by atomic mass is 19.2. The summed E-state index contributed by atoms with van der Waals surface area (Å²) in [6, 6.07) is 5.80. The molecule has 0 radical (unpaired) electrons. The van der Waals surface area contributed by atoms with Crippen molar-refractivity contribution >= 4 is 0 Å². The fourth-order valence-electron chi connectivity index (χ4n) is 1.43. The maximum absolute atomic E-state index is 13.2. The lowest BCUT2D eigenvalue weighted by Gasteiger charge is -2.14. The van der Waals surface area contributed by atoms with Crippen molar-refractivity contribution in [2.75, 3.05) is 6.61 Å². The number of unbranched alkanes of at least 4 members (excludes halogenated alkanes) is 1. The SMILES string of the molecule is CC(N)(C#N)CCCCOc1cccc(F)c1F. The Morgan fingerprint density at radius 1 is 1.39 bits per heavy atom. The number of rotatable bonds is 6. The van der Waals surface area contributed by atoms with Gasteiger partial charge in [-0.1, -0.05) is 6.07 Å². The van der Waals surface area contributed by atoms with Gasteiger partial charge >= 0.3 is 0 Å². The number of halogens is 2. The molecule has 3 nitrogen and oxygen atoms in total. The number of hydrogen-bond donors (Lipinski definition) is 1. The molecule has 0 saturated carbocycles. The molecular formula is C13H16F2N2O. The number of nitriles is 1. The lowest BCUT2D eigenvalue weighted by Crippen LogP contribution is -2.33. The summed E-state index contributed by atoms with van der Waals surface area (Å²) in [6.45, 7) is 1.92. The van der Waals surface area contributed by atoms with Crippen LogP contribution in [0.3, 0.4) is 0 Å². The van der Waals surface area contributed by atoms with Gasteiger partial charge in [0.1, 0.15) is 5.54 Å². The minimum atomic E-state index is -0.974. The van der Waals surface area contributed by atoms with Crippen LogP contribution in [-0.2, 0) is 0 Å². The van der Waals surface area contributed by atoms with Crippen LogP contribution in [0.2, 0.25) is 0 Å². The van der Waals surface area contributed by atoms with Crippen LogP contribution in [0.15, 0.2) is 18.2 Å². The average molecular weight is 254 g/mol. The minimum Gasteiger partial charge on any atom is -0.490 e. The molecule has 18 heavy (non-hydrogen) atoms. The van der Waals surface area contributed by atoms with Gasteiger partial charge in [0.15, 0.2) is 11.6 Å². The molecule has 0 saturated heterocycles. The molecule has 1 atom stereocenters. The van der Waals surface area contributed by atoms with Gasteiger partial charge in [0.25, 0.3) is 0 Å². The Kier molecular flexibility index (Phi) is 5.05. The van der Waals surface area contributed by atoms with Gasteiger partial charge in [-0.25, -0.2) is 4.39 Å². The molecule has 98 valence electrons. The van der Waals surface area contributed by atoms with E-state index in [9.17, 15) is 8.78 Å². The Labute approximate surface area is 105 Å². The molecular weight excluding hydrogens is 238 g/mol. The maximum atomic E-state index is 13.2. The Hall–Kier alpha value is -1.67. The van der Waals surface area contributed by atoms with Gasteiger partial charge in [0, 0.05) is 0 Å². The molecule has 0 aliphatic heterocycles. The van der Waals surface area contributed by atoms with Crippen LogP contribution in [-0.4, -0.2) is 12.1 Å². The molecule has 0 amide bonds. The molecule has 0 spiro atoms. The molecule has 1 aromatic rings. The molecule has 0 aliphatic carbocycles. The molecule has 0 fully saturated rings. The average Bonchev–Trinajstić information content (AvgIpc) is 2.34. The van der Waals surface area contributed by atoms with Gasteiger partial charge in [0.2, 0.25) is 5.82 Å². The first-order valence-corrected chi connectivity index (χ1v) is 5.73. The predicted octanol–water partition coefficient (Wildman–Crippen LogP) is 2.75. The fourth-order valence-corrected chi connectivity index (χ4v) is 1.43. The second kappa shape index (κ2) is 6.31. The Morgan fingerprint density at radius 2 is 2.11 bits per heavy atom. The van der Waals surface area contributed by atoms with E-state index in [1.54, 1.807) is 6.92 Å². The topological polar surface area (TPSA) is 59.0 Å². The summed E-state index contributed by atoms with van der Waals surface area (Å²) in [4.78, 5) is 0. The third kappa shape index (κ3) is 4.30. The lowest BCUT2D eigenvalue weighted by molar-refractivity contribution is 0.282. The zero-order valence-electron chi connectivity index (χ0n) is 10.2. The number of nitrogens with two attached hydrogens (primary N) is 1. The molecule has 0 bridgehead atoms. The first-order valence-electron chi connectivity index (χ1n) is 5.73. The summed E-state index contributed by atoms with van der Waals surface area (Å²) in [7, 11) is 0. The van der Waals surface area contributed by atoms with E-state index in [-0.39, 0.29) is 12.4 Å². The Bertz CT molecular complexity index is 441. The van der Waals surface area contributed by atoms with E-state index in [1.165, 1.54) is 12.1 Å². The van der Waals surface area contributed by atoms with Crippen molar-refractivity contribution < 1.29 is 13.5 Å². The van der Waals surface area contributed by atoms with Gasteiger partial charge in [-0.2, -0.15) is 9.65 Å². The fraction of sp³-hybridized carbons (Fsp3) is 0.462. The molecule has 0 heterocycles. The van der Waals surface area contributed by atoms with Gasteiger partial charge in [0.05, 0.1) is 12.7 Å². The van der Waals surface area contributed by atoms with Crippen LogP contribution >= 0.6 is 0 Å². The van der Waals surface area contributed by atoms with Crippen LogP contribution in [0.4, 0.5) is 8.78 Å². The number of ether oxygens (including phenoxy) is 1. The van der Waals surface area contributed by atoms with Crippen molar-refractivity contribution in [3.8, 4) is 11.8 Å². The monoisotopic (exact) mass is 254 g/mol. The first kappa shape index (κ1) is 14.4.